The second-order valence-corrected chi connectivity index (χ2v) is 5.83. The van der Waals surface area contributed by atoms with E-state index in [9.17, 15) is 14.7 Å². The van der Waals surface area contributed by atoms with Crippen LogP contribution in [-0.4, -0.2) is 23.5 Å². The number of hydrogen-bond acceptors (Lipinski definition) is 2. The third-order valence-corrected chi connectivity index (χ3v) is 4.68. The van der Waals surface area contributed by atoms with E-state index >= 15 is 0 Å². The highest BCUT2D eigenvalue weighted by Crippen LogP contribution is 2.26. The van der Waals surface area contributed by atoms with Gasteiger partial charge in [-0.2, -0.15) is 0 Å². The van der Waals surface area contributed by atoms with Gasteiger partial charge in [0.25, 0.3) is 5.91 Å². The topological polar surface area (TPSA) is 66.4 Å². The smallest absolute Gasteiger partial charge is 0.311 e. The largest absolute Gasteiger partial charge is 0.481 e. The van der Waals surface area contributed by atoms with Crippen LogP contribution in [0.1, 0.15) is 54.6 Å². The number of aryl methyl sites for hydroxylation is 1. The van der Waals surface area contributed by atoms with Gasteiger partial charge in [-0.05, 0) is 48.9 Å². The van der Waals surface area contributed by atoms with Gasteiger partial charge in [-0.3, -0.25) is 9.59 Å². The van der Waals surface area contributed by atoms with Gasteiger partial charge in [0, 0.05) is 12.1 Å². The van der Waals surface area contributed by atoms with Crippen LogP contribution in [0.25, 0.3) is 6.08 Å². The zero-order valence-corrected chi connectivity index (χ0v) is 13.2. The maximum Gasteiger partial charge on any atom is 0.311 e. The number of carbonyl (C=O) groups is 2. The molecular formula is C18H23NO3. The molecule has 118 valence electrons. The van der Waals surface area contributed by atoms with Gasteiger partial charge in [0.2, 0.25) is 0 Å². The van der Waals surface area contributed by atoms with Crippen molar-refractivity contribution in [2.75, 3.05) is 6.54 Å². The fourth-order valence-electron chi connectivity index (χ4n) is 2.80. The predicted octanol–water partition coefficient (Wildman–Crippen LogP) is 3.27. The maximum atomic E-state index is 12.3. The van der Waals surface area contributed by atoms with Crippen molar-refractivity contribution in [2.45, 2.75) is 39.5 Å². The van der Waals surface area contributed by atoms with Gasteiger partial charge in [0.05, 0.1) is 5.41 Å². The molecule has 0 saturated carbocycles. The number of amides is 1. The Kier molecular flexibility index (Phi) is 5.01. The first kappa shape index (κ1) is 16.3. The Hall–Kier alpha value is -2.10. The first-order valence-electron chi connectivity index (χ1n) is 7.83. The molecular weight excluding hydrogens is 278 g/mol. The van der Waals surface area contributed by atoms with E-state index in [1.54, 1.807) is 6.07 Å². The van der Waals surface area contributed by atoms with Crippen molar-refractivity contribution in [3.63, 3.8) is 0 Å². The normalized spacial score (nSPS) is 13.5. The summed E-state index contributed by atoms with van der Waals surface area (Å²) in [6, 6.07) is 5.66. The van der Waals surface area contributed by atoms with Gasteiger partial charge in [-0.1, -0.05) is 32.1 Å². The van der Waals surface area contributed by atoms with E-state index in [0.29, 0.717) is 18.4 Å². The molecule has 1 aliphatic carbocycles. The Balaban J connectivity index is 2.09. The van der Waals surface area contributed by atoms with Gasteiger partial charge >= 0.3 is 5.97 Å². The molecule has 22 heavy (non-hydrogen) atoms. The SMILES string of the molecule is CCC(CC)(CNC(=O)c1ccc2c(c1)CCC=C2)C(=O)O. The van der Waals surface area contributed by atoms with Crippen molar-refractivity contribution in [1.29, 1.82) is 0 Å². The van der Waals surface area contributed by atoms with Crippen LogP contribution >= 0.6 is 0 Å². The van der Waals surface area contributed by atoms with Crippen LogP contribution in [0.5, 0.6) is 0 Å². The summed E-state index contributed by atoms with van der Waals surface area (Å²) in [6.45, 7) is 3.84. The fourth-order valence-corrected chi connectivity index (χ4v) is 2.80. The number of fused-ring (bicyclic) bond motifs is 1. The number of benzene rings is 1. The number of rotatable bonds is 6. The Morgan fingerprint density at radius 2 is 2.00 bits per heavy atom. The minimum absolute atomic E-state index is 0.158. The summed E-state index contributed by atoms with van der Waals surface area (Å²) in [5.41, 5.74) is 2.04. The van der Waals surface area contributed by atoms with Crippen molar-refractivity contribution in [2.24, 2.45) is 5.41 Å². The van der Waals surface area contributed by atoms with Crippen LogP contribution in [-0.2, 0) is 11.2 Å². The Morgan fingerprint density at radius 1 is 1.27 bits per heavy atom. The molecule has 0 aromatic heterocycles. The van der Waals surface area contributed by atoms with Crippen molar-refractivity contribution in [3.8, 4) is 0 Å². The van der Waals surface area contributed by atoms with E-state index in [2.05, 4.69) is 17.5 Å². The monoisotopic (exact) mass is 301 g/mol. The number of hydrogen-bond donors (Lipinski definition) is 2. The molecule has 0 saturated heterocycles. The fraction of sp³-hybridized carbons (Fsp3) is 0.444. The standard InChI is InChI=1S/C18H23NO3/c1-3-18(4-2,17(21)22)12-19-16(20)15-10-9-13-7-5-6-8-14(13)11-15/h5,7,9-11H,3-4,6,8,12H2,1-2H3,(H,19,20)(H,21,22). The number of carbonyl (C=O) groups excluding carboxylic acids is 1. The quantitative estimate of drug-likeness (QED) is 0.847. The first-order valence-corrected chi connectivity index (χ1v) is 7.83. The molecule has 0 atom stereocenters. The number of nitrogens with one attached hydrogen (secondary N) is 1. The highest BCUT2D eigenvalue weighted by molar-refractivity contribution is 5.95. The molecule has 1 amide bonds. The van der Waals surface area contributed by atoms with Crippen LogP contribution in [0.15, 0.2) is 24.3 Å². The van der Waals surface area contributed by atoms with E-state index in [0.717, 1.165) is 18.4 Å². The lowest BCUT2D eigenvalue weighted by Crippen LogP contribution is -2.42. The molecule has 1 aromatic rings. The van der Waals surface area contributed by atoms with Gasteiger partial charge < -0.3 is 10.4 Å². The second-order valence-electron chi connectivity index (χ2n) is 5.83. The Labute approximate surface area is 131 Å². The zero-order chi connectivity index (χ0) is 16.2. The minimum atomic E-state index is -0.882. The molecule has 0 radical (unpaired) electrons. The van der Waals surface area contributed by atoms with Crippen LogP contribution < -0.4 is 5.32 Å². The van der Waals surface area contributed by atoms with E-state index in [-0.39, 0.29) is 12.5 Å². The summed E-state index contributed by atoms with van der Waals surface area (Å²) in [7, 11) is 0. The van der Waals surface area contributed by atoms with Crippen molar-refractivity contribution in [1.82, 2.24) is 5.32 Å². The Bertz CT molecular complexity index is 600. The molecule has 0 heterocycles. The summed E-state index contributed by atoms with van der Waals surface area (Å²) >= 11 is 0. The number of carboxylic acid groups (broad SMARTS) is 1. The van der Waals surface area contributed by atoms with Crippen LogP contribution in [0.2, 0.25) is 0 Å². The number of allylic oxidation sites excluding steroid dienone is 1. The molecule has 1 aliphatic rings. The molecule has 0 spiro atoms. The molecule has 4 nitrogen and oxygen atoms in total. The maximum absolute atomic E-state index is 12.3. The van der Waals surface area contributed by atoms with Crippen molar-refractivity contribution in [3.05, 3.63) is 41.0 Å². The van der Waals surface area contributed by atoms with E-state index < -0.39 is 11.4 Å². The summed E-state index contributed by atoms with van der Waals surface area (Å²) in [5, 5.41) is 12.2. The van der Waals surface area contributed by atoms with E-state index in [4.69, 9.17) is 0 Å². The molecule has 1 aromatic carbocycles. The van der Waals surface area contributed by atoms with Crippen molar-refractivity contribution < 1.29 is 14.7 Å². The van der Waals surface area contributed by atoms with Gasteiger partial charge in [0.1, 0.15) is 0 Å². The number of carboxylic acids is 1. The molecule has 0 fully saturated rings. The predicted molar refractivity (Wildman–Crippen MR) is 86.8 cm³/mol. The lowest BCUT2D eigenvalue weighted by Gasteiger charge is -2.26. The highest BCUT2D eigenvalue weighted by atomic mass is 16.4. The summed E-state index contributed by atoms with van der Waals surface area (Å²) < 4.78 is 0. The molecule has 0 aliphatic heterocycles. The molecule has 2 N–H and O–H groups in total. The van der Waals surface area contributed by atoms with E-state index in [1.807, 2.05) is 26.0 Å². The molecule has 2 rings (SSSR count). The first-order chi connectivity index (χ1) is 10.5. The van der Waals surface area contributed by atoms with Crippen molar-refractivity contribution >= 4 is 18.0 Å². The molecule has 0 unspecified atom stereocenters. The zero-order valence-electron chi connectivity index (χ0n) is 13.2. The second kappa shape index (κ2) is 6.77. The molecule has 4 heteroatoms. The molecule has 0 bridgehead atoms. The summed E-state index contributed by atoms with van der Waals surface area (Å²) in [5.74, 6) is -1.06. The third kappa shape index (κ3) is 3.21. The minimum Gasteiger partial charge on any atom is -0.481 e. The highest BCUT2D eigenvalue weighted by Gasteiger charge is 2.35. The van der Waals surface area contributed by atoms with Gasteiger partial charge in [0.15, 0.2) is 0 Å². The average Bonchev–Trinajstić information content (AvgIpc) is 2.55. The van der Waals surface area contributed by atoms with E-state index in [1.165, 1.54) is 5.56 Å². The Morgan fingerprint density at radius 3 is 2.64 bits per heavy atom. The summed E-state index contributed by atoms with van der Waals surface area (Å²) in [4.78, 5) is 23.8. The third-order valence-electron chi connectivity index (χ3n) is 4.68. The van der Waals surface area contributed by atoms with Crippen LogP contribution in [0, 0.1) is 5.41 Å². The lowest BCUT2D eigenvalue weighted by atomic mass is 9.82. The van der Waals surface area contributed by atoms with Gasteiger partial charge in [-0.25, -0.2) is 0 Å². The van der Waals surface area contributed by atoms with Crippen LogP contribution in [0.4, 0.5) is 0 Å². The number of aliphatic carboxylic acids is 1. The summed E-state index contributed by atoms with van der Waals surface area (Å²) in [6.07, 6.45) is 7.12. The van der Waals surface area contributed by atoms with Crippen LogP contribution in [0.3, 0.4) is 0 Å². The lowest BCUT2D eigenvalue weighted by molar-refractivity contribution is -0.149. The van der Waals surface area contributed by atoms with Gasteiger partial charge in [-0.15, -0.1) is 0 Å². The average molecular weight is 301 g/mol.